The number of piperidine rings is 1. The van der Waals surface area contributed by atoms with E-state index in [4.69, 9.17) is 10.5 Å². The fourth-order valence-corrected chi connectivity index (χ4v) is 2.04. The minimum absolute atomic E-state index is 0.319. The van der Waals surface area contributed by atoms with Crippen molar-refractivity contribution in [3.63, 3.8) is 0 Å². The molecule has 1 aromatic heterocycles. The van der Waals surface area contributed by atoms with E-state index in [1.165, 1.54) is 0 Å². The van der Waals surface area contributed by atoms with Crippen LogP contribution in [0.4, 0.5) is 5.95 Å². The molecular formula is C13H22N4O. The molecule has 18 heavy (non-hydrogen) atoms. The lowest BCUT2D eigenvalue weighted by atomic mass is 10.0. The van der Waals surface area contributed by atoms with E-state index in [-0.39, 0.29) is 5.60 Å². The highest BCUT2D eigenvalue weighted by molar-refractivity contribution is 5.32. The predicted octanol–water partition coefficient (Wildman–Crippen LogP) is 1.29. The molecule has 1 aromatic rings. The van der Waals surface area contributed by atoms with Crippen molar-refractivity contribution in [1.82, 2.24) is 9.97 Å². The Labute approximate surface area is 108 Å². The number of methoxy groups -OCH3 is 1. The molecule has 1 aliphatic rings. The van der Waals surface area contributed by atoms with Crippen LogP contribution >= 0.6 is 0 Å². The fourth-order valence-electron chi connectivity index (χ4n) is 2.04. The molecule has 100 valence electrons. The van der Waals surface area contributed by atoms with Crippen LogP contribution < -0.4 is 10.6 Å². The fraction of sp³-hybridized carbons (Fsp3) is 0.692. The molecule has 0 bridgehead atoms. The Morgan fingerprint density at radius 3 is 2.67 bits per heavy atom. The van der Waals surface area contributed by atoms with Gasteiger partial charge in [-0.2, -0.15) is 0 Å². The van der Waals surface area contributed by atoms with E-state index in [1.54, 1.807) is 13.3 Å². The lowest BCUT2D eigenvalue weighted by molar-refractivity contribution is 0.0154. The highest BCUT2D eigenvalue weighted by Crippen LogP contribution is 2.23. The maximum Gasteiger partial charge on any atom is 0.225 e. The summed E-state index contributed by atoms with van der Waals surface area (Å²) < 4.78 is 5.45. The molecule has 0 spiro atoms. The zero-order chi connectivity index (χ0) is 13.2. The Morgan fingerprint density at radius 1 is 1.39 bits per heavy atom. The Morgan fingerprint density at radius 2 is 2.06 bits per heavy atom. The second-order valence-electron chi connectivity index (χ2n) is 5.28. The SMILES string of the molecule is COC(C)(C)c1ccnc(N2CCC(N)CC2)n1. The zero-order valence-electron chi connectivity index (χ0n) is 11.4. The highest BCUT2D eigenvalue weighted by atomic mass is 16.5. The van der Waals surface area contributed by atoms with Gasteiger partial charge in [0.05, 0.1) is 5.69 Å². The molecule has 2 heterocycles. The minimum Gasteiger partial charge on any atom is -0.373 e. The maximum atomic E-state index is 5.91. The predicted molar refractivity (Wildman–Crippen MR) is 71.5 cm³/mol. The van der Waals surface area contributed by atoms with Crippen LogP contribution in [-0.2, 0) is 10.3 Å². The van der Waals surface area contributed by atoms with Crippen LogP contribution in [0, 0.1) is 0 Å². The average molecular weight is 250 g/mol. The third kappa shape index (κ3) is 2.79. The lowest BCUT2D eigenvalue weighted by Crippen LogP contribution is -2.40. The van der Waals surface area contributed by atoms with Crippen molar-refractivity contribution in [3.05, 3.63) is 18.0 Å². The van der Waals surface area contributed by atoms with Crippen LogP contribution in [0.1, 0.15) is 32.4 Å². The molecule has 0 radical (unpaired) electrons. The van der Waals surface area contributed by atoms with Gasteiger partial charge in [0.2, 0.25) is 5.95 Å². The summed E-state index contributed by atoms with van der Waals surface area (Å²) in [5, 5.41) is 0. The van der Waals surface area contributed by atoms with E-state index < -0.39 is 0 Å². The standard InChI is InChI=1S/C13H22N4O/c1-13(2,18-3)11-4-7-15-12(16-11)17-8-5-10(14)6-9-17/h4,7,10H,5-6,8-9,14H2,1-3H3. The van der Waals surface area contributed by atoms with Gasteiger partial charge in [-0.25, -0.2) is 9.97 Å². The van der Waals surface area contributed by atoms with Gasteiger partial charge in [0.25, 0.3) is 0 Å². The van der Waals surface area contributed by atoms with E-state index in [0.29, 0.717) is 6.04 Å². The van der Waals surface area contributed by atoms with E-state index >= 15 is 0 Å². The van der Waals surface area contributed by atoms with Gasteiger partial charge in [-0.3, -0.25) is 0 Å². The van der Waals surface area contributed by atoms with Gasteiger partial charge in [0.1, 0.15) is 5.60 Å². The second-order valence-corrected chi connectivity index (χ2v) is 5.28. The van der Waals surface area contributed by atoms with Crippen LogP contribution in [0.2, 0.25) is 0 Å². The number of aromatic nitrogens is 2. The monoisotopic (exact) mass is 250 g/mol. The summed E-state index contributed by atoms with van der Waals surface area (Å²) in [5.41, 5.74) is 6.43. The summed E-state index contributed by atoms with van der Waals surface area (Å²) in [6.45, 7) is 5.87. The van der Waals surface area contributed by atoms with Gasteiger partial charge >= 0.3 is 0 Å². The van der Waals surface area contributed by atoms with Crippen LogP contribution in [0.3, 0.4) is 0 Å². The van der Waals surface area contributed by atoms with Crippen molar-refractivity contribution in [3.8, 4) is 0 Å². The van der Waals surface area contributed by atoms with Crippen molar-refractivity contribution >= 4 is 5.95 Å². The molecule has 2 N–H and O–H groups in total. The van der Waals surface area contributed by atoms with Crippen molar-refractivity contribution in [1.29, 1.82) is 0 Å². The summed E-state index contributed by atoms with van der Waals surface area (Å²) in [5.74, 6) is 0.782. The normalized spacial score (nSPS) is 18.1. The van der Waals surface area contributed by atoms with Crippen molar-refractivity contribution in [2.75, 3.05) is 25.1 Å². The van der Waals surface area contributed by atoms with Crippen LogP contribution in [-0.4, -0.2) is 36.2 Å². The molecule has 5 nitrogen and oxygen atoms in total. The molecule has 0 aliphatic carbocycles. The smallest absolute Gasteiger partial charge is 0.225 e. The quantitative estimate of drug-likeness (QED) is 0.875. The van der Waals surface area contributed by atoms with Crippen molar-refractivity contribution in [2.45, 2.75) is 38.3 Å². The van der Waals surface area contributed by atoms with Crippen LogP contribution in [0.25, 0.3) is 0 Å². The first-order valence-corrected chi connectivity index (χ1v) is 6.42. The van der Waals surface area contributed by atoms with E-state index in [1.807, 2.05) is 19.9 Å². The number of hydrogen-bond donors (Lipinski definition) is 1. The molecule has 5 heteroatoms. The molecule has 1 fully saturated rings. The summed E-state index contributed by atoms with van der Waals surface area (Å²) in [6.07, 6.45) is 3.80. The van der Waals surface area contributed by atoms with Gasteiger partial charge < -0.3 is 15.4 Å². The van der Waals surface area contributed by atoms with Gasteiger partial charge in [-0.05, 0) is 32.8 Å². The molecule has 1 saturated heterocycles. The van der Waals surface area contributed by atoms with Crippen molar-refractivity contribution < 1.29 is 4.74 Å². The number of nitrogens with zero attached hydrogens (tertiary/aromatic N) is 3. The molecule has 0 saturated carbocycles. The third-order valence-corrected chi connectivity index (χ3v) is 3.59. The largest absolute Gasteiger partial charge is 0.373 e. The van der Waals surface area contributed by atoms with Gasteiger partial charge in [0.15, 0.2) is 0 Å². The molecule has 0 amide bonds. The number of rotatable bonds is 3. The third-order valence-electron chi connectivity index (χ3n) is 3.59. The topological polar surface area (TPSA) is 64.3 Å². The van der Waals surface area contributed by atoms with E-state index in [9.17, 15) is 0 Å². The Hall–Kier alpha value is -1.20. The first-order chi connectivity index (χ1) is 8.53. The Balaban J connectivity index is 2.17. The van der Waals surface area contributed by atoms with Crippen LogP contribution in [0.5, 0.6) is 0 Å². The first kappa shape index (κ1) is 13.2. The molecule has 0 aromatic carbocycles. The maximum absolute atomic E-state index is 5.91. The number of anilines is 1. The number of hydrogen-bond acceptors (Lipinski definition) is 5. The number of nitrogens with two attached hydrogens (primary N) is 1. The Bertz CT molecular complexity index is 400. The highest BCUT2D eigenvalue weighted by Gasteiger charge is 2.24. The van der Waals surface area contributed by atoms with Crippen LogP contribution in [0.15, 0.2) is 12.3 Å². The average Bonchev–Trinajstić information content (AvgIpc) is 2.40. The van der Waals surface area contributed by atoms with E-state index in [2.05, 4.69) is 14.9 Å². The number of ether oxygens (including phenoxy) is 1. The summed E-state index contributed by atoms with van der Waals surface area (Å²) in [4.78, 5) is 11.2. The summed E-state index contributed by atoms with van der Waals surface area (Å²) in [7, 11) is 1.70. The van der Waals surface area contributed by atoms with Crippen molar-refractivity contribution in [2.24, 2.45) is 5.73 Å². The second kappa shape index (κ2) is 5.20. The molecule has 2 rings (SSSR count). The lowest BCUT2D eigenvalue weighted by Gasteiger charge is -2.31. The first-order valence-electron chi connectivity index (χ1n) is 6.42. The zero-order valence-corrected chi connectivity index (χ0v) is 11.4. The molecule has 0 unspecified atom stereocenters. The minimum atomic E-state index is -0.385. The summed E-state index contributed by atoms with van der Waals surface area (Å²) >= 11 is 0. The van der Waals surface area contributed by atoms with E-state index in [0.717, 1.165) is 37.6 Å². The van der Waals surface area contributed by atoms with Gasteiger partial charge in [-0.15, -0.1) is 0 Å². The summed E-state index contributed by atoms with van der Waals surface area (Å²) in [6, 6.07) is 2.22. The Kier molecular flexibility index (Phi) is 3.82. The van der Waals surface area contributed by atoms with Gasteiger partial charge in [-0.1, -0.05) is 0 Å². The molecular weight excluding hydrogens is 228 g/mol. The molecule has 1 aliphatic heterocycles. The van der Waals surface area contributed by atoms with Gasteiger partial charge in [0, 0.05) is 32.4 Å². The molecule has 0 atom stereocenters.